The van der Waals surface area contributed by atoms with Crippen molar-refractivity contribution in [2.75, 3.05) is 6.54 Å². The Morgan fingerprint density at radius 2 is 1.75 bits per heavy atom. The summed E-state index contributed by atoms with van der Waals surface area (Å²) in [5.74, 6) is -1.10. The fraction of sp³-hybridized carbons (Fsp3) is 0.400. The quantitative estimate of drug-likeness (QED) is 0.634. The Hall–Kier alpha value is -1.68. The minimum atomic E-state index is -0.294. The molecule has 0 bridgehead atoms. The van der Waals surface area contributed by atoms with Crippen LogP contribution >= 0.6 is 11.6 Å². The zero-order valence-electron chi connectivity index (χ0n) is 10.8. The van der Waals surface area contributed by atoms with Gasteiger partial charge in [-0.25, -0.2) is 0 Å². The molecule has 1 saturated carbocycles. The summed E-state index contributed by atoms with van der Waals surface area (Å²) in [5, 5.41) is 0.344. The first-order valence-corrected chi connectivity index (χ1v) is 7.10. The average molecular weight is 292 g/mol. The number of likely N-dealkylation sites (tertiary alicyclic amines) is 1. The molecule has 1 aliphatic heterocycles. The molecular weight excluding hydrogens is 278 g/mol. The second-order valence-corrected chi connectivity index (χ2v) is 5.72. The molecule has 1 aromatic rings. The fourth-order valence-electron chi connectivity index (χ4n) is 3.13. The van der Waals surface area contributed by atoms with Gasteiger partial charge < -0.3 is 0 Å². The van der Waals surface area contributed by atoms with Gasteiger partial charge in [-0.15, -0.1) is 0 Å². The van der Waals surface area contributed by atoms with Gasteiger partial charge in [-0.1, -0.05) is 30.2 Å². The highest BCUT2D eigenvalue weighted by molar-refractivity contribution is 6.34. The predicted octanol–water partition coefficient (Wildman–Crippen LogP) is 2.31. The van der Waals surface area contributed by atoms with E-state index in [1.165, 1.54) is 0 Å². The minimum absolute atomic E-state index is 0.196. The molecule has 0 spiro atoms. The zero-order chi connectivity index (χ0) is 14.3. The summed E-state index contributed by atoms with van der Waals surface area (Å²) < 4.78 is 0. The van der Waals surface area contributed by atoms with Crippen LogP contribution in [0.2, 0.25) is 5.02 Å². The Morgan fingerprint density at radius 1 is 1.15 bits per heavy atom. The number of ketones is 1. The van der Waals surface area contributed by atoms with Crippen LogP contribution in [0, 0.1) is 11.8 Å². The smallest absolute Gasteiger partial charge is 0.233 e. The van der Waals surface area contributed by atoms with Crippen LogP contribution < -0.4 is 0 Å². The van der Waals surface area contributed by atoms with Crippen molar-refractivity contribution in [3.8, 4) is 0 Å². The van der Waals surface area contributed by atoms with Crippen molar-refractivity contribution >= 4 is 29.2 Å². The highest BCUT2D eigenvalue weighted by atomic mass is 35.5. The molecule has 1 aliphatic carbocycles. The predicted molar refractivity (Wildman–Crippen MR) is 73.3 cm³/mol. The van der Waals surface area contributed by atoms with Crippen LogP contribution in [0.3, 0.4) is 0 Å². The minimum Gasteiger partial charge on any atom is -0.292 e. The first-order valence-electron chi connectivity index (χ1n) is 6.72. The molecule has 1 saturated heterocycles. The molecule has 2 atom stereocenters. The van der Waals surface area contributed by atoms with Gasteiger partial charge in [-0.05, 0) is 25.0 Å². The number of halogens is 1. The van der Waals surface area contributed by atoms with Gasteiger partial charge in [0, 0.05) is 5.56 Å². The molecule has 2 aliphatic rings. The van der Waals surface area contributed by atoms with Crippen molar-refractivity contribution < 1.29 is 14.4 Å². The lowest BCUT2D eigenvalue weighted by atomic mass is 10.00. The Bertz CT molecular complexity index is 577. The summed E-state index contributed by atoms with van der Waals surface area (Å²) in [4.78, 5) is 37.7. The zero-order valence-corrected chi connectivity index (χ0v) is 11.6. The number of carbonyl (C=O) groups is 3. The maximum absolute atomic E-state index is 12.2. The standard InChI is InChI=1S/C15H14ClNO3/c16-12-7-2-1-4-11(12)13(18)8-17-14(19)9-5-3-6-10(9)15(17)20/h1-2,4,7,9-10H,3,5-6,8H2. The van der Waals surface area contributed by atoms with Gasteiger partial charge in [0.15, 0.2) is 5.78 Å². The number of hydrogen-bond donors (Lipinski definition) is 0. The van der Waals surface area contributed by atoms with E-state index in [2.05, 4.69) is 0 Å². The van der Waals surface area contributed by atoms with E-state index in [0.717, 1.165) is 24.2 Å². The van der Waals surface area contributed by atoms with E-state index < -0.39 is 0 Å². The summed E-state index contributed by atoms with van der Waals surface area (Å²) in [5.41, 5.74) is 0.354. The van der Waals surface area contributed by atoms with Crippen LogP contribution in [0.5, 0.6) is 0 Å². The molecule has 2 fully saturated rings. The van der Waals surface area contributed by atoms with Crippen LogP contribution in [0.4, 0.5) is 0 Å². The largest absolute Gasteiger partial charge is 0.292 e. The number of fused-ring (bicyclic) bond motifs is 1. The van der Waals surface area contributed by atoms with Gasteiger partial charge in [0.25, 0.3) is 0 Å². The first kappa shape index (κ1) is 13.3. The van der Waals surface area contributed by atoms with E-state index in [1.807, 2.05) is 0 Å². The van der Waals surface area contributed by atoms with Crippen LogP contribution in [0.1, 0.15) is 29.6 Å². The summed E-state index contributed by atoms with van der Waals surface area (Å²) in [6.45, 7) is -0.200. The van der Waals surface area contributed by atoms with E-state index in [-0.39, 0.29) is 36.0 Å². The molecule has 3 rings (SSSR count). The van der Waals surface area contributed by atoms with Gasteiger partial charge in [0.2, 0.25) is 11.8 Å². The Kier molecular flexibility index (Phi) is 3.34. The Labute approximate surface area is 121 Å². The van der Waals surface area contributed by atoms with E-state index in [4.69, 9.17) is 11.6 Å². The number of nitrogens with zero attached hydrogens (tertiary/aromatic N) is 1. The first-order chi connectivity index (χ1) is 9.59. The number of carbonyl (C=O) groups excluding carboxylic acids is 3. The molecule has 0 aromatic heterocycles. The van der Waals surface area contributed by atoms with Crippen LogP contribution in [-0.2, 0) is 9.59 Å². The lowest BCUT2D eigenvalue weighted by Gasteiger charge is -2.15. The van der Waals surface area contributed by atoms with Crippen molar-refractivity contribution in [2.24, 2.45) is 11.8 Å². The monoisotopic (exact) mass is 291 g/mol. The molecule has 20 heavy (non-hydrogen) atoms. The molecule has 5 heteroatoms. The lowest BCUT2D eigenvalue weighted by molar-refractivity contribution is -0.139. The summed E-state index contributed by atoms with van der Waals surface area (Å²) >= 11 is 5.96. The van der Waals surface area contributed by atoms with Crippen LogP contribution in [-0.4, -0.2) is 29.0 Å². The van der Waals surface area contributed by atoms with Crippen molar-refractivity contribution in [1.82, 2.24) is 4.90 Å². The number of Topliss-reactive ketones (excluding diaryl/α,β-unsaturated/α-hetero) is 1. The van der Waals surface area contributed by atoms with E-state index in [9.17, 15) is 14.4 Å². The Balaban J connectivity index is 1.79. The van der Waals surface area contributed by atoms with Crippen LogP contribution in [0.15, 0.2) is 24.3 Å². The number of benzene rings is 1. The number of rotatable bonds is 3. The maximum atomic E-state index is 12.2. The highest BCUT2D eigenvalue weighted by Crippen LogP contribution is 2.39. The summed E-state index contributed by atoms with van der Waals surface area (Å²) in [6, 6.07) is 6.67. The molecule has 104 valence electrons. The van der Waals surface area contributed by atoms with Crippen molar-refractivity contribution in [1.29, 1.82) is 0 Å². The lowest BCUT2D eigenvalue weighted by Crippen LogP contribution is -2.36. The fourth-order valence-corrected chi connectivity index (χ4v) is 3.37. The summed E-state index contributed by atoms with van der Waals surface area (Å²) in [7, 11) is 0. The number of amides is 2. The van der Waals surface area contributed by atoms with E-state index >= 15 is 0 Å². The SMILES string of the molecule is O=C(CN1C(=O)C2CCCC2C1=O)c1ccccc1Cl. The molecule has 2 unspecified atom stereocenters. The van der Waals surface area contributed by atoms with E-state index in [1.54, 1.807) is 24.3 Å². The molecule has 1 aromatic carbocycles. The molecule has 4 nitrogen and oxygen atoms in total. The third kappa shape index (κ3) is 2.04. The molecule has 1 heterocycles. The van der Waals surface area contributed by atoms with Crippen molar-refractivity contribution in [2.45, 2.75) is 19.3 Å². The normalized spacial score (nSPS) is 25.1. The average Bonchev–Trinajstić information content (AvgIpc) is 2.99. The van der Waals surface area contributed by atoms with Crippen LogP contribution in [0.25, 0.3) is 0 Å². The van der Waals surface area contributed by atoms with Crippen molar-refractivity contribution in [3.05, 3.63) is 34.9 Å². The molecular formula is C15H14ClNO3. The van der Waals surface area contributed by atoms with Gasteiger partial charge in [-0.3, -0.25) is 19.3 Å². The molecule has 2 amide bonds. The molecule has 0 N–H and O–H groups in total. The third-order valence-electron chi connectivity index (χ3n) is 4.16. The number of imide groups is 1. The van der Waals surface area contributed by atoms with Gasteiger partial charge in [0.05, 0.1) is 23.4 Å². The molecule has 0 radical (unpaired) electrons. The second kappa shape index (κ2) is 5.02. The third-order valence-corrected chi connectivity index (χ3v) is 4.49. The van der Waals surface area contributed by atoms with Gasteiger partial charge in [-0.2, -0.15) is 0 Å². The number of hydrogen-bond acceptors (Lipinski definition) is 3. The maximum Gasteiger partial charge on any atom is 0.233 e. The second-order valence-electron chi connectivity index (χ2n) is 5.31. The Morgan fingerprint density at radius 3 is 2.35 bits per heavy atom. The van der Waals surface area contributed by atoms with Gasteiger partial charge in [0.1, 0.15) is 0 Å². The summed E-state index contributed by atoms with van der Waals surface area (Å²) in [6.07, 6.45) is 2.43. The highest BCUT2D eigenvalue weighted by Gasteiger charge is 2.49. The van der Waals surface area contributed by atoms with E-state index in [0.29, 0.717) is 10.6 Å². The topological polar surface area (TPSA) is 54.5 Å². The van der Waals surface area contributed by atoms with Gasteiger partial charge >= 0.3 is 0 Å². The van der Waals surface area contributed by atoms with Crippen molar-refractivity contribution in [3.63, 3.8) is 0 Å².